The Morgan fingerprint density at radius 3 is 1.76 bits per heavy atom. The lowest BCUT2D eigenvalue weighted by molar-refractivity contribution is 0.332. The molecule has 0 saturated carbocycles. The fourth-order valence-electron chi connectivity index (χ4n) is 7.02. The standard InChI is InChI=1S/C42H37N3O/c1-26-23-34-35(42(4,5)22-21-41(34,2)3)25-33(26)40-44-38(28-11-7-6-8-12-28)43-39(45-40)29-17-15-27(16-18-29)30-19-20-32-31-13-9-10-14-36(31)46-37(32)24-30/h6-20,23-25H,21-22H2,1-5H3. The molecule has 8 rings (SSSR count). The molecule has 226 valence electrons. The number of fused-ring (bicyclic) bond motifs is 4. The second-order valence-corrected chi connectivity index (χ2v) is 14.0. The first-order valence-electron chi connectivity index (χ1n) is 16.2. The minimum atomic E-state index is 0.0899. The molecule has 1 aliphatic carbocycles. The van der Waals surface area contributed by atoms with Gasteiger partial charge in [-0.3, -0.25) is 0 Å². The van der Waals surface area contributed by atoms with Gasteiger partial charge in [-0.05, 0) is 82.7 Å². The molecule has 0 atom stereocenters. The third kappa shape index (κ3) is 4.80. The predicted octanol–water partition coefficient (Wildman–Crippen LogP) is 11.1. The Bertz CT molecular complexity index is 2260. The molecule has 0 spiro atoms. The molecule has 2 aromatic heterocycles. The summed E-state index contributed by atoms with van der Waals surface area (Å²) in [6.07, 6.45) is 2.34. The van der Waals surface area contributed by atoms with Crippen LogP contribution in [0.4, 0.5) is 0 Å². The Balaban J connectivity index is 1.23. The van der Waals surface area contributed by atoms with E-state index in [4.69, 9.17) is 19.4 Å². The molecule has 0 unspecified atom stereocenters. The van der Waals surface area contributed by atoms with Crippen molar-refractivity contribution in [1.29, 1.82) is 0 Å². The van der Waals surface area contributed by atoms with Crippen LogP contribution in [0.1, 0.15) is 57.2 Å². The van der Waals surface area contributed by atoms with Crippen molar-refractivity contribution >= 4 is 21.9 Å². The van der Waals surface area contributed by atoms with Crippen molar-refractivity contribution < 1.29 is 4.42 Å². The van der Waals surface area contributed by atoms with Gasteiger partial charge in [0.05, 0.1) is 0 Å². The van der Waals surface area contributed by atoms with Gasteiger partial charge >= 0.3 is 0 Å². The van der Waals surface area contributed by atoms with Gasteiger partial charge in [-0.2, -0.15) is 0 Å². The minimum absolute atomic E-state index is 0.0899. The topological polar surface area (TPSA) is 51.8 Å². The zero-order valence-electron chi connectivity index (χ0n) is 27.1. The number of rotatable bonds is 4. The maximum absolute atomic E-state index is 6.16. The molecule has 0 saturated heterocycles. The van der Waals surface area contributed by atoms with Gasteiger partial charge in [-0.25, -0.2) is 15.0 Å². The van der Waals surface area contributed by atoms with Gasteiger partial charge in [-0.15, -0.1) is 0 Å². The van der Waals surface area contributed by atoms with E-state index in [1.165, 1.54) is 23.1 Å². The van der Waals surface area contributed by atoms with Crippen molar-refractivity contribution in [2.24, 2.45) is 0 Å². The molecule has 0 fully saturated rings. The highest BCUT2D eigenvalue weighted by atomic mass is 16.3. The summed E-state index contributed by atoms with van der Waals surface area (Å²) in [5.41, 5.74) is 11.3. The first-order valence-corrected chi connectivity index (χ1v) is 16.2. The number of nitrogens with zero attached hydrogens (tertiary/aromatic N) is 3. The molecule has 0 N–H and O–H groups in total. The van der Waals surface area contributed by atoms with Crippen LogP contribution in [0, 0.1) is 6.92 Å². The van der Waals surface area contributed by atoms with Crippen LogP contribution in [-0.4, -0.2) is 15.0 Å². The second-order valence-electron chi connectivity index (χ2n) is 14.0. The maximum Gasteiger partial charge on any atom is 0.164 e. The molecular weight excluding hydrogens is 562 g/mol. The molecule has 0 radical (unpaired) electrons. The summed E-state index contributed by atoms with van der Waals surface area (Å²) in [5.74, 6) is 2.05. The highest BCUT2D eigenvalue weighted by Gasteiger charge is 2.37. The summed E-state index contributed by atoms with van der Waals surface area (Å²) < 4.78 is 6.16. The number of hydrogen-bond donors (Lipinski definition) is 0. The van der Waals surface area contributed by atoms with E-state index < -0.39 is 0 Å². The second kappa shape index (κ2) is 10.5. The Morgan fingerprint density at radius 2 is 1.04 bits per heavy atom. The largest absolute Gasteiger partial charge is 0.456 e. The van der Waals surface area contributed by atoms with Crippen molar-refractivity contribution in [3.63, 3.8) is 0 Å². The van der Waals surface area contributed by atoms with E-state index in [0.29, 0.717) is 17.5 Å². The summed E-state index contributed by atoms with van der Waals surface area (Å²) in [7, 11) is 0. The van der Waals surface area contributed by atoms with Gasteiger partial charge in [0.2, 0.25) is 0 Å². The fraction of sp³-hybridized carbons (Fsp3) is 0.214. The third-order valence-corrected chi connectivity index (χ3v) is 9.96. The normalized spacial score (nSPS) is 15.2. The van der Waals surface area contributed by atoms with Crippen LogP contribution in [0.15, 0.2) is 114 Å². The molecule has 5 aromatic carbocycles. The predicted molar refractivity (Wildman–Crippen MR) is 189 cm³/mol. The Kier molecular flexibility index (Phi) is 6.47. The third-order valence-electron chi connectivity index (χ3n) is 9.96. The Hall–Kier alpha value is -5.09. The molecule has 0 amide bonds. The van der Waals surface area contributed by atoms with Crippen molar-refractivity contribution in [2.45, 2.75) is 58.3 Å². The van der Waals surface area contributed by atoms with Crippen LogP contribution < -0.4 is 0 Å². The van der Waals surface area contributed by atoms with E-state index in [2.05, 4.69) is 107 Å². The monoisotopic (exact) mass is 599 g/mol. The maximum atomic E-state index is 6.16. The van der Waals surface area contributed by atoms with Gasteiger partial charge < -0.3 is 4.42 Å². The van der Waals surface area contributed by atoms with Crippen molar-refractivity contribution in [1.82, 2.24) is 15.0 Å². The van der Waals surface area contributed by atoms with E-state index in [1.54, 1.807) is 0 Å². The highest BCUT2D eigenvalue weighted by molar-refractivity contribution is 6.05. The SMILES string of the molecule is Cc1cc2c(cc1-c1nc(-c3ccccc3)nc(-c3ccc(-c4ccc5c(c4)oc4ccccc45)cc3)n1)C(C)(C)CCC2(C)C. The number of benzene rings is 5. The highest BCUT2D eigenvalue weighted by Crippen LogP contribution is 2.47. The Labute approximate surface area is 270 Å². The zero-order valence-corrected chi connectivity index (χ0v) is 27.1. The van der Waals surface area contributed by atoms with E-state index >= 15 is 0 Å². The van der Waals surface area contributed by atoms with Crippen LogP contribution in [0.3, 0.4) is 0 Å². The van der Waals surface area contributed by atoms with Crippen LogP contribution in [0.2, 0.25) is 0 Å². The van der Waals surface area contributed by atoms with Gasteiger partial charge in [0.1, 0.15) is 11.2 Å². The van der Waals surface area contributed by atoms with Crippen LogP contribution in [0.5, 0.6) is 0 Å². The average Bonchev–Trinajstić information content (AvgIpc) is 3.45. The number of hydrogen-bond acceptors (Lipinski definition) is 4. The molecule has 2 heterocycles. The quantitative estimate of drug-likeness (QED) is 0.202. The molecule has 4 heteroatoms. The molecular formula is C42H37N3O. The van der Waals surface area contributed by atoms with E-state index in [-0.39, 0.29) is 10.8 Å². The van der Waals surface area contributed by atoms with Crippen LogP contribution in [0.25, 0.3) is 67.2 Å². The van der Waals surface area contributed by atoms with E-state index in [1.807, 2.05) is 36.4 Å². The van der Waals surface area contributed by atoms with Crippen molar-refractivity contribution in [3.8, 4) is 45.3 Å². The summed E-state index contributed by atoms with van der Waals surface area (Å²) in [6, 6.07) is 38.1. The smallest absolute Gasteiger partial charge is 0.164 e. The van der Waals surface area contributed by atoms with Gasteiger partial charge in [0.15, 0.2) is 17.5 Å². The molecule has 0 bridgehead atoms. The summed E-state index contributed by atoms with van der Waals surface area (Å²) >= 11 is 0. The van der Waals surface area contributed by atoms with Crippen molar-refractivity contribution in [3.05, 3.63) is 126 Å². The molecule has 46 heavy (non-hydrogen) atoms. The number of aryl methyl sites for hydroxylation is 1. The summed E-state index contributed by atoms with van der Waals surface area (Å²) in [6.45, 7) is 11.6. The summed E-state index contributed by atoms with van der Waals surface area (Å²) in [4.78, 5) is 15.2. The Morgan fingerprint density at radius 1 is 0.500 bits per heavy atom. The number of furan rings is 1. The molecule has 0 aliphatic heterocycles. The van der Waals surface area contributed by atoms with Crippen molar-refractivity contribution in [2.75, 3.05) is 0 Å². The number of aromatic nitrogens is 3. The first kappa shape index (κ1) is 28.4. The van der Waals surface area contributed by atoms with Crippen LogP contribution >= 0.6 is 0 Å². The fourth-order valence-corrected chi connectivity index (χ4v) is 7.02. The van der Waals surface area contributed by atoms with Gasteiger partial charge in [-0.1, -0.05) is 113 Å². The van der Waals surface area contributed by atoms with Gasteiger partial charge in [0, 0.05) is 27.5 Å². The first-order chi connectivity index (χ1) is 22.2. The zero-order chi connectivity index (χ0) is 31.6. The van der Waals surface area contributed by atoms with Gasteiger partial charge in [0.25, 0.3) is 0 Å². The lowest BCUT2D eigenvalue weighted by Gasteiger charge is -2.42. The van der Waals surface area contributed by atoms with Crippen LogP contribution in [-0.2, 0) is 10.8 Å². The van der Waals surface area contributed by atoms with E-state index in [0.717, 1.165) is 56.2 Å². The summed E-state index contributed by atoms with van der Waals surface area (Å²) in [5, 5.41) is 2.27. The lowest BCUT2D eigenvalue weighted by Crippen LogP contribution is -2.34. The number of para-hydroxylation sites is 1. The molecule has 1 aliphatic rings. The van der Waals surface area contributed by atoms with E-state index in [9.17, 15) is 0 Å². The lowest BCUT2D eigenvalue weighted by atomic mass is 9.62. The minimum Gasteiger partial charge on any atom is -0.456 e. The molecule has 4 nitrogen and oxygen atoms in total. The molecule has 7 aromatic rings. The average molecular weight is 600 g/mol.